The minimum absolute atomic E-state index is 0.00215. The maximum Gasteiger partial charge on any atom is 0.416 e. The van der Waals surface area contributed by atoms with Crippen molar-refractivity contribution in [3.8, 4) is 0 Å². The highest BCUT2D eigenvalue weighted by Gasteiger charge is 2.30. The number of carbonyl (C=O) groups is 1. The predicted octanol–water partition coefficient (Wildman–Crippen LogP) is 3.87. The molecule has 1 N–H and O–H groups in total. The summed E-state index contributed by atoms with van der Waals surface area (Å²) in [5, 5.41) is 2.25. The lowest BCUT2D eigenvalue weighted by atomic mass is 10.1. The van der Waals surface area contributed by atoms with E-state index in [2.05, 4.69) is 19.2 Å². The molecule has 1 aromatic rings. The van der Waals surface area contributed by atoms with E-state index >= 15 is 0 Å². The van der Waals surface area contributed by atoms with Gasteiger partial charge in [0.1, 0.15) is 0 Å². The third-order valence-electron chi connectivity index (χ3n) is 2.18. The molecule has 5 heteroatoms. The van der Waals surface area contributed by atoms with E-state index in [-0.39, 0.29) is 5.56 Å². The fourth-order valence-electron chi connectivity index (χ4n) is 0.981. The fraction of sp³-hybridized carbons (Fsp3) is 0.462. The van der Waals surface area contributed by atoms with E-state index in [4.69, 9.17) is 0 Å². The highest BCUT2D eigenvalue weighted by atomic mass is 19.4. The van der Waals surface area contributed by atoms with Crippen molar-refractivity contribution in [3.63, 3.8) is 0 Å². The van der Waals surface area contributed by atoms with Crippen LogP contribution in [-0.4, -0.2) is 13.0 Å². The average molecular weight is 261 g/mol. The first-order valence-electron chi connectivity index (χ1n) is 5.76. The van der Waals surface area contributed by atoms with Crippen LogP contribution in [0.1, 0.15) is 42.6 Å². The van der Waals surface area contributed by atoms with Gasteiger partial charge < -0.3 is 5.32 Å². The Labute approximate surface area is 105 Å². The van der Waals surface area contributed by atoms with Crippen molar-refractivity contribution in [2.24, 2.45) is 0 Å². The third kappa shape index (κ3) is 5.70. The van der Waals surface area contributed by atoms with E-state index in [0.29, 0.717) is 0 Å². The molecule has 102 valence electrons. The summed E-state index contributed by atoms with van der Waals surface area (Å²) < 4.78 is 36.6. The number of hydrogen-bond donors (Lipinski definition) is 1. The van der Waals surface area contributed by atoms with Gasteiger partial charge in [-0.25, -0.2) is 0 Å². The first-order valence-corrected chi connectivity index (χ1v) is 5.76. The number of carbonyl (C=O) groups excluding carboxylic acids is 1. The van der Waals surface area contributed by atoms with Crippen molar-refractivity contribution in [1.82, 2.24) is 5.32 Å². The second-order valence-corrected chi connectivity index (χ2v) is 3.66. The van der Waals surface area contributed by atoms with Gasteiger partial charge in [-0.3, -0.25) is 4.79 Å². The first-order chi connectivity index (χ1) is 8.36. The van der Waals surface area contributed by atoms with Crippen molar-refractivity contribution in [1.29, 1.82) is 0 Å². The minimum Gasteiger partial charge on any atom is -0.355 e. The Balaban J connectivity index is 0.000000631. The van der Waals surface area contributed by atoms with Gasteiger partial charge in [-0.15, -0.1) is 0 Å². The first kappa shape index (κ1) is 16.5. The van der Waals surface area contributed by atoms with Crippen LogP contribution < -0.4 is 5.32 Å². The molecule has 18 heavy (non-hydrogen) atoms. The van der Waals surface area contributed by atoms with Gasteiger partial charge in [0.15, 0.2) is 0 Å². The number of amides is 1. The van der Waals surface area contributed by atoms with Crippen LogP contribution in [0.3, 0.4) is 0 Å². The highest BCUT2D eigenvalue weighted by Crippen LogP contribution is 2.29. The summed E-state index contributed by atoms with van der Waals surface area (Å²) in [6, 6.07) is 4.27. The number of hydrogen-bond acceptors (Lipinski definition) is 1. The standard InChI is InChI=1S/C9H8F3NO.C4H10/c1-13-8(14)6-3-2-4-7(5-6)9(10,11)12;1-3-4-2/h2-5H,1H3,(H,13,14);3-4H2,1-2H3. The fourth-order valence-corrected chi connectivity index (χ4v) is 0.981. The van der Waals surface area contributed by atoms with Crippen LogP contribution in [0.2, 0.25) is 0 Å². The Kier molecular flexibility index (Phi) is 7.08. The second-order valence-electron chi connectivity index (χ2n) is 3.66. The summed E-state index contributed by atoms with van der Waals surface area (Å²) >= 11 is 0. The van der Waals surface area contributed by atoms with Crippen LogP contribution in [0.25, 0.3) is 0 Å². The quantitative estimate of drug-likeness (QED) is 0.860. The molecule has 1 amide bonds. The molecule has 2 nitrogen and oxygen atoms in total. The van der Waals surface area contributed by atoms with Gasteiger partial charge in [-0.2, -0.15) is 13.2 Å². The van der Waals surface area contributed by atoms with Gasteiger partial charge in [0.05, 0.1) is 5.56 Å². The monoisotopic (exact) mass is 261 g/mol. The van der Waals surface area contributed by atoms with Gasteiger partial charge in [0.25, 0.3) is 5.91 Å². The van der Waals surface area contributed by atoms with Crippen molar-refractivity contribution < 1.29 is 18.0 Å². The highest BCUT2D eigenvalue weighted by molar-refractivity contribution is 5.94. The molecule has 0 bridgehead atoms. The normalized spacial score (nSPS) is 10.3. The molecule has 1 aromatic carbocycles. The average Bonchev–Trinajstić information content (AvgIpc) is 2.37. The van der Waals surface area contributed by atoms with Crippen LogP contribution in [0, 0.1) is 0 Å². The van der Waals surface area contributed by atoms with Crippen molar-refractivity contribution in [2.75, 3.05) is 7.05 Å². The maximum absolute atomic E-state index is 12.2. The van der Waals surface area contributed by atoms with Crippen LogP contribution in [0.4, 0.5) is 13.2 Å². The topological polar surface area (TPSA) is 29.1 Å². The van der Waals surface area contributed by atoms with E-state index < -0.39 is 17.6 Å². The SMILES string of the molecule is CCCC.CNC(=O)c1cccc(C(F)(F)F)c1. The zero-order chi connectivity index (χ0) is 14.2. The number of benzene rings is 1. The number of unbranched alkanes of at least 4 members (excludes halogenated alkanes) is 1. The maximum atomic E-state index is 12.2. The predicted molar refractivity (Wildman–Crippen MR) is 65.4 cm³/mol. The zero-order valence-corrected chi connectivity index (χ0v) is 10.8. The Morgan fingerprint density at radius 2 is 1.78 bits per heavy atom. The second kappa shape index (κ2) is 7.74. The summed E-state index contributed by atoms with van der Waals surface area (Å²) in [6.45, 7) is 4.36. The molecule has 0 heterocycles. The Bertz CT molecular complexity index is 373. The van der Waals surface area contributed by atoms with Crippen LogP contribution in [0.15, 0.2) is 24.3 Å². The van der Waals surface area contributed by atoms with Gasteiger partial charge in [0, 0.05) is 12.6 Å². The molecule has 0 aliphatic heterocycles. The molecule has 0 aliphatic carbocycles. The molecule has 0 aliphatic rings. The molecular weight excluding hydrogens is 243 g/mol. The van der Waals surface area contributed by atoms with E-state index in [1.807, 2.05) is 0 Å². The summed E-state index contributed by atoms with van der Waals surface area (Å²) in [7, 11) is 1.36. The summed E-state index contributed by atoms with van der Waals surface area (Å²) in [5.41, 5.74) is -0.819. The van der Waals surface area contributed by atoms with Crippen molar-refractivity contribution in [3.05, 3.63) is 35.4 Å². The molecular formula is C13H18F3NO. The van der Waals surface area contributed by atoms with E-state index in [1.165, 1.54) is 32.0 Å². The molecule has 0 saturated carbocycles. The number of rotatable bonds is 2. The summed E-state index contributed by atoms with van der Waals surface area (Å²) in [6.07, 6.45) is -1.77. The Hall–Kier alpha value is -1.52. The Morgan fingerprint density at radius 1 is 1.22 bits per heavy atom. The lowest BCUT2D eigenvalue weighted by molar-refractivity contribution is -0.137. The van der Waals surface area contributed by atoms with E-state index in [9.17, 15) is 18.0 Å². The molecule has 1 rings (SSSR count). The molecule has 0 unspecified atom stereocenters. The third-order valence-corrected chi connectivity index (χ3v) is 2.18. The molecule has 0 atom stereocenters. The molecule has 0 aromatic heterocycles. The molecule has 0 radical (unpaired) electrons. The van der Waals surface area contributed by atoms with Crippen LogP contribution in [0.5, 0.6) is 0 Å². The summed E-state index contributed by atoms with van der Waals surface area (Å²) in [5.74, 6) is -0.531. The molecule has 0 saturated heterocycles. The van der Waals surface area contributed by atoms with Crippen molar-refractivity contribution in [2.45, 2.75) is 32.9 Å². The van der Waals surface area contributed by atoms with Gasteiger partial charge >= 0.3 is 6.18 Å². The number of halogens is 3. The van der Waals surface area contributed by atoms with Crippen LogP contribution in [-0.2, 0) is 6.18 Å². The smallest absolute Gasteiger partial charge is 0.355 e. The Morgan fingerprint density at radius 3 is 2.17 bits per heavy atom. The molecule has 0 spiro atoms. The lowest BCUT2D eigenvalue weighted by Crippen LogP contribution is -2.18. The lowest BCUT2D eigenvalue weighted by Gasteiger charge is -2.07. The number of alkyl halides is 3. The van der Waals surface area contributed by atoms with Gasteiger partial charge in [-0.1, -0.05) is 32.8 Å². The van der Waals surface area contributed by atoms with Crippen molar-refractivity contribution >= 4 is 5.91 Å². The minimum atomic E-state index is -4.41. The largest absolute Gasteiger partial charge is 0.416 e. The van der Waals surface area contributed by atoms with E-state index in [0.717, 1.165) is 12.1 Å². The van der Waals surface area contributed by atoms with Crippen LogP contribution >= 0.6 is 0 Å². The van der Waals surface area contributed by atoms with Gasteiger partial charge in [0.2, 0.25) is 0 Å². The summed E-state index contributed by atoms with van der Waals surface area (Å²) in [4.78, 5) is 11.0. The zero-order valence-electron chi connectivity index (χ0n) is 10.8. The molecule has 0 fully saturated rings. The number of nitrogens with one attached hydrogen (secondary N) is 1. The van der Waals surface area contributed by atoms with Gasteiger partial charge in [-0.05, 0) is 18.2 Å². The van der Waals surface area contributed by atoms with E-state index in [1.54, 1.807) is 0 Å².